The first kappa shape index (κ1) is 9.37. The molecule has 0 bridgehead atoms. The van der Waals surface area contributed by atoms with Crippen molar-refractivity contribution < 1.29 is 0 Å². The first-order chi connectivity index (χ1) is 6.76. The Labute approximate surface area is 83.8 Å². The minimum atomic E-state index is -0.524. The second-order valence-electron chi connectivity index (χ2n) is 3.58. The molecule has 74 valence electrons. The summed E-state index contributed by atoms with van der Waals surface area (Å²) in [6.45, 7) is 2.63. The maximum absolute atomic E-state index is 12.2. The van der Waals surface area contributed by atoms with Crippen LogP contribution in [0.3, 0.4) is 0 Å². The molecule has 14 heavy (non-hydrogen) atoms. The van der Waals surface area contributed by atoms with Gasteiger partial charge in [0.15, 0.2) is 5.69 Å². The number of nitrogens with zero attached hydrogens (tertiary/aromatic N) is 2. The van der Waals surface area contributed by atoms with Gasteiger partial charge in [-0.1, -0.05) is 30.6 Å². The predicted molar refractivity (Wildman–Crippen MR) is 59.0 cm³/mol. The molecule has 0 fully saturated rings. The Balaban J connectivity index is 2.28. The fourth-order valence-electron chi connectivity index (χ4n) is 1.68. The van der Waals surface area contributed by atoms with Crippen molar-refractivity contribution in [1.82, 2.24) is 4.76 Å². The molecule has 3 heteroatoms. The van der Waals surface area contributed by atoms with E-state index in [1.54, 1.807) is 6.21 Å². The van der Waals surface area contributed by atoms with Crippen molar-refractivity contribution in [3.05, 3.63) is 35.0 Å². The molecule has 0 spiro atoms. The highest BCUT2D eigenvalue weighted by molar-refractivity contribution is 5.91. The summed E-state index contributed by atoms with van der Waals surface area (Å²) in [6, 6.07) is 7.62. The van der Waals surface area contributed by atoms with Crippen molar-refractivity contribution in [2.45, 2.75) is 19.8 Å². The van der Waals surface area contributed by atoms with Gasteiger partial charge in [0.25, 0.3) is 0 Å². The van der Waals surface area contributed by atoms with Gasteiger partial charge in [-0.05, 0) is 12.5 Å². The molecule has 1 atom stereocenters. The van der Waals surface area contributed by atoms with Crippen LogP contribution in [-0.2, 0) is 0 Å². The van der Waals surface area contributed by atoms with Crippen molar-refractivity contribution in [1.29, 1.82) is 0 Å². The minimum Gasteiger partial charge on any atom is -0.599 e. The summed E-state index contributed by atoms with van der Waals surface area (Å²) in [6.07, 6.45) is 3.62. The van der Waals surface area contributed by atoms with Gasteiger partial charge in [-0.15, -0.1) is 0 Å². The Morgan fingerprint density at radius 3 is 2.93 bits per heavy atom. The standard InChI is InChI=1S/C11H14N2O/c1-2-3-8-13(14)11-7-5-4-6-10(11)9-12-13/h4-7,9H,2-3,8H2,1H3. The lowest BCUT2D eigenvalue weighted by Gasteiger charge is -2.32. The topological polar surface area (TPSA) is 35.4 Å². The number of hydrogen-bond acceptors (Lipinski definition) is 2. The molecule has 1 heterocycles. The molecule has 0 N–H and O–H groups in total. The number of quaternary nitrogens is 1. The Bertz CT molecular complexity index is 362. The van der Waals surface area contributed by atoms with Crippen molar-refractivity contribution in [3.8, 4) is 0 Å². The predicted octanol–water partition coefficient (Wildman–Crippen LogP) is 2.64. The summed E-state index contributed by atoms with van der Waals surface area (Å²) in [5.41, 5.74) is 1.74. The van der Waals surface area contributed by atoms with Crippen LogP contribution in [0.5, 0.6) is 0 Å². The fraction of sp³-hybridized carbons (Fsp3) is 0.364. The third-order valence-corrected chi connectivity index (χ3v) is 2.51. The molecule has 0 saturated heterocycles. The first-order valence-electron chi connectivity index (χ1n) is 5.00. The van der Waals surface area contributed by atoms with E-state index in [9.17, 15) is 5.21 Å². The van der Waals surface area contributed by atoms with Gasteiger partial charge in [0, 0.05) is 6.07 Å². The lowest BCUT2D eigenvalue weighted by Crippen LogP contribution is -2.36. The quantitative estimate of drug-likeness (QED) is 0.533. The molecule has 1 aromatic carbocycles. The average Bonchev–Trinajstić information content (AvgIpc) is 2.55. The van der Waals surface area contributed by atoms with E-state index < -0.39 is 4.76 Å². The van der Waals surface area contributed by atoms with Crippen LogP contribution in [0.15, 0.2) is 29.4 Å². The van der Waals surface area contributed by atoms with Crippen LogP contribution in [0.2, 0.25) is 0 Å². The van der Waals surface area contributed by atoms with Gasteiger partial charge in [0.1, 0.15) is 6.54 Å². The monoisotopic (exact) mass is 190 g/mol. The van der Waals surface area contributed by atoms with Gasteiger partial charge in [0.2, 0.25) is 0 Å². The van der Waals surface area contributed by atoms with Gasteiger partial charge < -0.3 is 5.21 Å². The number of benzene rings is 1. The summed E-state index contributed by atoms with van der Waals surface area (Å²) >= 11 is 0. The zero-order valence-corrected chi connectivity index (χ0v) is 8.31. The molecule has 0 saturated carbocycles. The molecule has 0 radical (unpaired) electrons. The molecule has 0 aliphatic carbocycles. The Morgan fingerprint density at radius 2 is 2.14 bits per heavy atom. The molecular weight excluding hydrogens is 176 g/mol. The van der Waals surface area contributed by atoms with E-state index in [0.717, 1.165) is 24.1 Å². The molecule has 1 unspecified atom stereocenters. The fourth-order valence-corrected chi connectivity index (χ4v) is 1.68. The van der Waals surface area contributed by atoms with E-state index in [2.05, 4.69) is 12.0 Å². The van der Waals surface area contributed by atoms with Gasteiger partial charge in [-0.25, -0.2) is 0 Å². The van der Waals surface area contributed by atoms with Crippen LogP contribution >= 0.6 is 0 Å². The van der Waals surface area contributed by atoms with Crippen molar-refractivity contribution >= 4 is 11.9 Å². The minimum absolute atomic E-state index is 0.524. The van der Waals surface area contributed by atoms with Crippen LogP contribution in [0, 0.1) is 5.21 Å². The van der Waals surface area contributed by atoms with Crippen LogP contribution in [0.1, 0.15) is 25.3 Å². The molecule has 0 aromatic heterocycles. The maximum atomic E-state index is 12.2. The first-order valence-corrected chi connectivity index (χ1v) is 5.00. The normalized spacial score (nSPS) is 23.9. The van der Waals surface area contributed by atoms with Gasteiger partial charge in [0.05, 0.1) is 11.8 Å². The highest BCUT2D eigenvalue weighted by Gasteiger charge is 2.27. The third-order valence-electron chi connectivity index (χ3n) is 2.51. The Kier molecular flexibility index (Phi) is 2.35. The zero-order chi connectivity index (χ0) is 10.0. The van der Waals surface area contributed by atoms with Crippen LogP contribution in [0.25, 0.3) is 0 Å². The number of para-hydroxylation sites is 1. The molecule has 3 nitrogen and oxygen atoms in total. The lowest BCUT2D eigenvalue weighted by atomic mass is 10.2. The Hall–Kier alpha value is -1.19. The Morgan fingerprint density at radius 1 is 1.36 bits per heavy atom. The molecular formula is C11H14N2O. The van der Waals surface area contributed by atoms with Gasteiger partial charge in [-0.3, -0.25) is 0 Å². The third kappa shape index (κ3) is 1.45. The second kappa shape index (κ2) is 3.52. The average molecular weight is 190 g/mol. The number of rotatable bonds is 3. The number of fused-ring (bicyclic) bond motifs is 1. The number of hydroxylamine groups is 1. The van der Waals surface area contributed by atoms with E-state index in [-0.39, 0.29) is 0 Å². The van der Waals surface area contributed by atoms with Gasteiger partial charge >= 0.3 is 0 Å². The smallest absolute Gasteiger partial charge is 0.168 e. The molecule has 0 amide bonds. The zero-order valence-electron chi connectivity index (χ0n) is 8.31. The molecule has 1 aliphatic rings. The maximum Gasteiger partial charge on any atom is 0.168 e. The van der Waals surface area contributed by atoms with Crippen molar-refractivity contribution in [2.24, 2.45) is 5.10 Å². The molecule has 1 aromatic rings. The SMILES string of the molecule is CCCC[N+]1([O-])N=Cc2ccccc21. The summed E-state index contributed by atoms with van der Waals surface area (Å²) in [5.74, 6) is 0. The number of unbranched alkanes of at least 4 members (excludes halogenated alkanes) is 1. The largest absolute Gasteiger partial charge is 0.599 e. The highest BCUT2D eigenvalue weighted by Crippen LogP contribution is 2.31. The number of hydrogen-bond donors (Lipinski definition) is 0. The van der Waals surface area contributed by atoms with E-state index in [1.807, 2.05) is 24.3 Å². The lowest BCUT2D eigenvalue weighted by molar-refractivity contribution is 0.391. The second-order valence-corrected chi connectivity index (χ2v) is 3.58. The molecule has 1 aliphatic heterocycles. The van der Waals surface area contributed by atoms with E-state index >= 15 is 0 Å². The summed E-state index contributed by atoms with van der Waals surface area (Å²) in [5, 5.41) is 16.3. The molecule has 2 rings (SSSR count). The van der Waals surface area contributed by atoms with Gasteiger partial charge in [-0.2, -0.15) is 4.76 Å². The van der Waals surface area contributed by atoms with Crippen LogP contribution in [0.4, 0.5) is 5.69 Å². The van der Waals surface area contributed by atoms with Crippen molar-refractivity contribution in [2.75, 3.05) is 6.54 Å². The van der Waals surface area contributed by atoms with E-state index in [1.165, 1.54) is 0 Å². The van der Waals surface area contributed by atoms with E-state index in [4.69, 9.17) is 0 Å². The van der Waals surface area contributed by atoms with Crippen LogP contribution < -0.4 is 4.76 Å². The highest BCUT2D eigenvalue weighted by atomic mass is 16.6. The summed E-state index contributed by atoms with van der Waals surface area (Å²) in [4.78, 5) is 0. The van der Waals surface area contributed by atoms with Crippen LogP contribution in [-0.4, -0.2) is 12.8 Å². The summed E-state index contributed by atoms with van der Waals surface area (Å²) in [7, 11) is 0. The van der Waals surface area contributed by atoms with E-state index in [0.29, 0.717) is 6.54 Å². The van der Waals surface area contributed by atoms with Crippen molar-refractivity contribution in [3.63, 3.8) is 0 Å². The summed E-state index contributed by atoms with van der Waals surface area (Å²) < 4.78 is -0.524.